The number of rotatable bonds is 5. The molecule has 0 aliphatic carbocycles. The predicted octanol–water partition coefficient (Wildman–Crippen LogP) is 3.73. The van der Waals surface area contributed by atoms with Crippen molar-refractivity contribution in [1.29, 1.82) is 0 Å². The quantitative estimate of drug-likeness (QED) is 0.418. The number of hydrogen-bond donors (Lipinski definition) is 3. The van der Waals surface area contributed by atoms with E-state index >= 15 is 0 Å². The minimum atomic E-state index is -0.363. The summed E-state index contributed by atoms with van der Waals surface area (Å²) in [6.07, 6.45) is 2.27. The van der Waals surface area contributed by atoms with Crippen LogP contribution in [-0.4, -0.2) is 59.7 Å². The van der Waals surface area contributed by atoms with Crippen molar-refractivity contribution in [3.63, 3.8) is 0 Å². The van der Waals surface area contributed by atoms with Gasteiger partial charge in [-0.3, -0.25) is 4.79 Å². The summed E-state index contributed by atoms with van der Waals surface area (Å²) in [7, 11) is 3.15. The van der Waals surface area contributed by atoms with Crippen LogP contribution in [0.1, 0.15) is 12.8 Å². The number of piperidine rings is 3. The number of nitrogens with one attached hydrogen (secondary N) is 3. The standard InChI is InChI=1S/C25H26FN5O3/c1-33-20-10-15-17(11-21(20)34-2)30-25(32)22(24-28-16-4-3-14(26)9-18(16)29-24)23(15)27-19-12-31-7-5-13(19)6-8-31/h3-4,9-11,13,19H,5-8,12H2,1-2H3,(H,28,29)(H2,27,30,32)/t19-/m0/s1. The summed E-state index contributed by atoms with van der Waals surface area (Å²) in [5.41, 5.74) is 2.57. The maximum absolute atomic E-state index is 13.8. The molecule has 34 heavy (non-hydrogen) atoms. The number of methoxy groups -OCH3 is 2. The van der Waals surface area contributed by atoms with Crippen LogP contribution in [0.25, 0.3) is 33.3 Å². The molecule has 176 valence electrons. The van der Waals surface area contributed by atoms with Crippen molar-refractivity contribution in [2.24, 2.45) is 5.92 Å². The van der Waals surface area contributed by atoms with E-state index in [2.05, 4.69) is 25.2 Å². The molecule has 5 heterocycles. The molecular weight excluding hydrogens is 437 g/mol. The van der Waals surface area contributed by atoms with E-state index in [-0.39, 0.29) is 17.4 Å². The van der Waals surface area contributed by atoms with Crippen LogP contribution >= 0.6 is 0 Å². The molecule has 0 radical (unpaired) electrons. The summed E-state index contributed by atoms with van der Waals surface area (Å²) in [4.78, 5) is 26.6. The van der Waals surface area contributed by atoms with E-state index in [1.807, 2.05) is 6.07 Å². The zero-order chi connectivity index (χ0) is 23.4. The van der Waals surface area contributed by atoms with Gasteiger partial charge in [-0.2, -0.15) is 0 Å². The molecule has 0 spiro atoms. The van der Waals surface area contributed by atoms with Crippen molar-refractivity contribution in [2.75, 3.05) is 39.2 Å². The Morgan fingerprint density at radius 1 is 1.06 bits per heavy atom. The normalized spacial score (nSPS) is 21.8. The fourth-order valence-electron chi connectivity index (χ4n) is 5.41. The Morgan fingerprint density at radius 2 is 1.82 bits per heavy atom. The van der Waals surface area contributed by atoms with Gasteiger partial charge >= 0.3 is 0 Å². The number of imidazole rings is 1. The third kappa shape index (κ3) is 3.38. The van der Waals surface area contributed by atoms with E-state index < -0.39 is 0 Å². The van der Waals surface area contributed by atoms with Crippen molar-refractivity contribution in [2.45, 2.75) is 18.9 Å². The van der Waals surface area contributed by atoms with Gasteiger partial charge in [0.2, 0.25) is 0 Å². The molecule has 1 atom stereocenters. The van der Waals surface area contributed by atoms with Crippen LogP contribution in [0.15, 0.2) is 35.1 Å². The number of benzene rings is 2. The van der Waals surface area contributed by atoms with Crippen molar-refractivity contribution < 1.29 is 13.9 Å². The Hall–Kier alpha value is -3.59. The molecule has 0 amide bonds. The van der Waals surface area contributed by atoms with Crippen molar-refractivity contribution >= 4 is 27.6 Å². The zero-order valence-corrected chi connectivity index (χ0v) is 19.1. The molecule has 0 unspecified atom stereocenters. The lowest BCUT2D eigenvalue weighted by Gasteiger charge is -2.45. The highest BCUT2D eigenvalue weighted by Gasteiger charge is 2.35. The second kappa shape index (κ2) is 8.02. The second-order valence-corrected chi connectivity index (χ2v) is 9.09. The van der Waals surface area contributed by atoms with Gasteiger partial charge < -0.3 is 29.7 Å². The molecule has 3 aliphatic heterocycles. The van der Waals surface area contributed by atoms with Crippen LogP contribution in [-0.2, 0) is 0 Å². The minimum absolute atomic E-state index is 0.209. The van der Waals surface area contributed by atoms with Gasteiger partial charge in [0, 0.05) is 24.0 Å². The van der Waals surface area contributed by atoms with Crippen LogP contribution in [0, 0.1) is 11.7 Å². The van der Waals surface area contributed by atoms with Crippen LogP contribution in [0.2, 0.25) is 0 Å². The molecule has 2 aromatic carbocycles. The number of aromatic amines is 2. The summed E-state index contributed by atoms with van der Waals surface area (Å²) in [6, 6.07) is 8.21. The van der Waals surface area contributed by atoms with E-state index in [1.54, 1.807) is 26.4 Å². The minimum Gasteiger partial charge on any atom is -0.493 e. The first-order valence-electron chi connectivity index (χ1n) is 11.5. The highest BCUT2D eigenvalue weighted by molar-refractivity contribution is 6.00. The molecule has 0 saturated carbocycles. The van der Waals surface area contributed by atoms with Crippen LogP contribution in [0.5, 0.6) is 11.5 Å². The third-order valence-electron chi connectivity index (χ3n) is 7.18. The van der Waals surface area contributed by atoms with Gasteiger partial charge in [0.25, 0.3) is 5.56 Å². The number of halogens is 1. The number of fused-ring (bicyclic) bond motifs is 5. The molecule has 3 aliphatic rings. The molecule has 3 fully saturated rings. The van der Waals surface area contributed by atoms with Crippen LogP contribution in [0.3, 0.4) is 0 Å². The van der Waals surface area contributed by atoms with E-state index in [0.717, 1.165) is 37.9 Å². The molecule has 3 saturated heterocycles. The summed E-state index contributed by atoms with van der Waals surface area (Å²) < 4.78 is 24.8. The van der Waals surface area contributed by atoms with Gasteiger partial charge in [0.1, 0.15) is 17.2 Å². The highest BCUT2D eigenvalue weighted by Crippen LogP contribution is 2.39. The monoisotopic (exact) mass is 463 g/mol. The molecule has 9 heteroatoms. The molecule has 2 bridgehead atoms. The average molecular weight is 464 g/mol. The van der Waals surface area contributed by atoms with E-state index in [1.165, 1.54) is 12.1 Å². The molecule has 2 aromatic heterocycles. The summed E-state index contributed by atoms with van der Waals surface area (Å²) >= 11 is 0. The molecule has 7 rings (SSSR count). The van der Waals surface area contributed by atoms with Crippen molar-refractivity contribution in [1.82, 2.24) is 19.9 Å². The van der Waals surface area contributed by atoms with Gasteiger partial charge in [-0.15, -0.1) is 0 Å². The topological polar surface area (TPSA) is 95.3 Å². The van der Waals surface area contributed by atoms with Gasteiger partial charge in [0.15, 0.2) is 11.5 Å². The molecule has 4 aromatic rings. The number of ether oxygens (including phenoxy) is 2. The Balaban J connectivity index is 1.58. The fourth-order valence-corrected chi connectivity index (χ4v) is 5.41. The molecular formula is C25H26FN5O3. The Labute approximate surface area is 195 Å². The maximum Gasteiger partial charge on any atom is 0.261 e. The number of anilines is 1. The number of hydrogen-bond acceptors (Lipinski definition) is 6. The number of pyridine rings is 1. The van der Waals surface area contributed by atoms with Gasteiger partial charge in [0.05, 0.1) is 36.5 Å². The van der Waals surface area contributed by atoms with Gasteiger partial charge in [-0.05, 0) is 56.1 Å². The van der Waals surface area contributed by atoms with Crippen LogP contribution < -0.4 is 20.3 Å². The lowest BCUT2D eigenvalue weighted by molar-refractivity contribution is 0.0976. The van der Waals surface area contributed by atoms with Crippen LogP contribution in [0.4, 0.5) is 10.1 Å². The SMILES string of the molecule is COc1cc2[nH]c(=O)c(-c3nc4ccc(F)cc4[nH]3)c(N[C@H]3CN4CCC3CC4)c2cc1OC. The lowest BCUT2D eigenvalue weighted by atomic mass is 9.83. The van der Waals surface area contributed by atoms with E-state index in [0.29, 0.717) is 51.0 Å². The van der Waals surface area contributed by atoms with Crippen molar-refractivity contribution in [3.05, 3.63) is 46.5 Å². The first-order chi connectivity index (χ1) is 16.5. The number of nitrogens with zero attached hydrogens (tertiary/aromatic N) is 2. The largest absolute Gasteiger partial charge is 0.493 e. The summed E-state index contributed by atoms with van der Waals surface area (Å²) in [5.74, 6) is 1.67. The second-order valence-electron chi connectivity index (χ2n) is 9.09. The third-order valence-corrected chi connectivity index (χ3v) is 7.18. The van der Waals surface area contributed by atoms with Gasteiger partial charge in [-0.25, -0.2) is 9.37 Å². The van der Waals surface area contributed by atoms with E-state index in [9.17, 15) is 9.18 Å². The van der Waals surface area contributed by atoms with Crippen molar-refractivity contribution in [3.8, 4) is 22.9 Å². The first-order valence-corrected chi connectivity index (χ1v) is 11.5. The van der Waals surface area contributed by atoms with Gasteiger partial charge in [-0.1, -0.05) is 0 Å². The fraction of sp³-hybridized carbons (Fsp3) is 0.360. The lowest BCUT2D eigenvalue weighted by Crippen LogP contribution is -2.53. The first kappa shape index (κ1) is 21.0. The maximum atomic E-state index is 13.8. The number of aromatic nitrogens is 3. The number of H-pyrrole nitrogens is 2. The Kier molecular flexibility index (Phi) is 4.95. The average Bonchev–Trinajstić information content (AvgIpc) is 3.26. The Morgan fingerprint density at radius 3 is 2.53 bits per heavy atom. The molecule has 3 N–H and O–H groups in total. The summed E-state index contributed by atoms with van der Waals surface area (Å²) in [6.45, 7) is 3.16. The smallest absolute Gasteiger partial charge is 0.261 e. The highest BCUT2D eigenvalue weighted by atomic mass is 19.1. The predicted molar refractivity (Wildman–Crippen MR) is 129 cm³/mol. The molecule has 8 nitrogen and oxygen atoms in total. The zero-order valence-electron chi connectivity index (χ0n) is 19.1. The summed E-state index contributed by atoms with van der Waals surface area (Å²) in [5, 5.41) is 4.52. The van der Waals surface area contributed by atoms with E-state index in [4.69, 9.17) is 9.47 Å². The Bertz CT molecular complexity index is 1450.